The average Bonchev–Trinajstić information content (AvgIpc) is 2.66. The first-order valence-corrected chi connectivity index (χ1v) is 9.11. The van der Waals surface area contributed by atoms with Crippen molar-refractivity contribution in [3.05, 3.63) is 70.5 Å². The maximum atomic E-state index is 13.2. The second-order valence-corrected chi connectivity index (χ2v) is 6.86. The number of rotatable bonds is 4. The molecule has 0 amide bonds. The number of nitrogens with zero attached hydrogens (tertiary/aromatic N) is 2. The van der Waals surface area contributed by atoms with Gasteiger partial charge in [0.25, 0.3) is 0 Å². The molecule has 0 atom stereocenters. The molecule has 0 aliphatic carbocycles. The first kappa shape index (κ1) is 21.8. The van der Waals surface area contributed by atoms with Gasteiger partial charge in [-0.1, -0.05) is 35.9 Å². The molecule has 1 aliphatic heterocycles. The number of aliphatic carboxylic acids is 2. The second kappa shape index (κ2) is 10.8. The number of piperazine rings is 1. The number of hydrogen-bond acceptors (Lipinski definition) is 4. The molecule has 150 valence electrons. The van der Waals surface area contributed by atoms with Gasteiger partial charge in [0.1, 0.15) is 5.82 Å². The molecule has 2 aromatic carbocycles. The van der Waals surface area contributed by atoms with E-state index < -0.39 is 11.9 Å². The van der Waals surface area contributed by atoms with Crippen molar-refractivity contribution < 1.29 is 24.2 Å². The molecule has 1 heterocycles. The maximum Gasteiger partial charge on any atom is 0.414 e. The van der Waals surface area contributed by atoms with Crippen molar-refractivity contribution in [3.63, 3.8) is 0 Å². The summed E-state index contributed by atoms with van der Waals surface area (Å²) in [5.41, 5.74) is 2.34. The van der Waals surface area contributed by atoms with E-state index in [1.807, 2.05) is 18.2 Å². The van der Waals surface area contributed by atoms with Gasteiger partial charge in [0.05, 0.1) is 0 Å². The molecule has 6 nitrogen and oxygen atoms in total. The van der Waals surface area contributed by atoms with E-state index in [1.54, 1.807) is 12.1 Å². The van der Waals surface area contributed by atoms with Crippen LogP contribution in [0.25, 0.3) is 0 Å². The number of carbonyl (C=O) groups is 2. The zero-order valence-electron chi connectivity index (χ0n) is 15.2. The fourth-order valence-corrected chi connectivity index (χ4v) is 2.97. The molecule has 3 rings (SSSR count). The van der Waals surface area contributed by atoms with Gasteiger partial charge in [-0.25, -0.2) is 14.0 Å². The van der Waals surface area contributed by atoms with E-state index in [0.29, 0.717) is 0 Å². The smallest absolute Gasteiger partial charge is 0.414 e. The summed E-state index contributed by atoms with van der Waals surface area (Å²) in [5, 5.41) is 15.6. The highest BCUT2D eigenvalue weighted by Gasteiger charge is 2.17. The van der Waals surface area contributed by atoms with Crippen LogP contribution in [0.4, 0.5) is 4.39 Å². The zero-order valence-corrected chi connectivity index (χ0v) is 16.0. The maximum absolute atomic E-state index is 13.2. The molecule has 28 heavy (non-hydrogen) atoms. The molecule has 0 aromatic heterocycles. The predicted octanol–water partition coefficient (Wildman–Crippen LogP) is 2.95. The summed E-state index contributed by atoms with van der Waals surface area (Å²) in [7, 11) is 0. The van der Waals surface area contributed by atoms with Crippen LogP contribution in [-0.2, 0) is 22.7 Å². The lowest BCUT2D eigenvalue weighted by atomic mass is 10.1. The van der Waals surface area contributed by atoms with Crippen molar-refractivity contribution in [2.24, 2.45) is 0 Å². The molecule has 1 fully saturated rings. The number of carboxylic acids is 2. The van der Waals surface area contributed by atoms with Crippen LogP contribution >= 0.6 is 11.6 Å². The Hall–Kier alpha value is -2.48. The molecule has 2 N–H and O–H groups in total. The average molecular weight is 409 g/mol. The van der Waals surface area contributed by atoms with Crippen LogP contribution < -0.4 is 0 Å². The van der Waals surface area contributed by atoms with Crippen molar-refractivity contribution in [2.45, 2.75) is 13.1 Å². The molecule has 0 bridgehead atoms. The molecule has 2 aromatic rings. The van der Waals surface area contributed by atoms with E-state index in [1.165, 1.54) is 11.6 Å². The van der Waals surface area contributed by atoms with E-state index in [0.717, 1.165) is 49.9 Å². The molecule has 0 spiro atoms. The molecule has 0 saturated carbocycles. The summed E-state index contributed by atoms with van der Waals surface area (Å²) >= 11 is 5.91. The Morgan fingerprint density at radius 1 is 0.857 bits per heavy atom. The number of hydrogen-bond donors (Lipinski definition) is 2. The minimum Gasteiger partial charge on any atom is -0.473 e. The molecular weight excluding hydrogens is 387 g/mol. The van der Waals surface area contributed by atoms with E-state index in [-0.39, 0.29) is 5.82 Å². The first-order chi connectivity index (χ1) is 13.3. The molecule has 1 aliphatic rings. The number of carboxylic acid groups (broad SMARTS) is 2. The van der Waals surface area contributed by atoms with Gasteiger partial charge in [0.15, 0.2) is 0 Å². The molecular formula is C20H22ClFN2O4. The SMILES string of the molecule is Fc1cccc(CN2CCN(Cc3ccc(Cl)cc3)CC2)c1.O=C(O)C(=O)O. The standard InChI is InChI=1S/C18H20ClFN2.C2H2O4/c19-17-6-4-15(5-7-17)13-21-8-10-22(11-9-21)14-16-2-1-3-18(20)12-16;3-1(4)2(5)6/h1-7,12H,8-11,13-14H2;(H,3,4)(H,5,6). The minimum atomic E-state index is -1.82. The van der Waals surface area contributed by atoms with Crippen LogP contribution in [0.15, 0.2) is 48.5 Å². The lowest BCUT2D eigenvalue weighted by molar-refractivity contribution is -0.159. The monoisotopic (exact) mass is 408 g/mol. The number of benzene rings is 2. The van der Waals surface area contributed by atoms with E-state index >= 15 is 0 Å². The van der Waals surface area contributed by atoms with Crippen LogP contribution in [0, 0.1) is 5.82 Å². The summed E-state index contributed by atoms with van der Waals surface area (Å²) in [6.07, 6.45) is 0. The van der Waals surface area contributed by atoms with Crippen molar-refractivity contribution in [1.29, 1.82) is 0 Å². The summed E-state index contributed by atoms with van der Waals surface area (Å²) in [6, 6.07) is 14.9. The highest BCUT2D eigenvalue weighted by Crippen LogP contribution is 2.14. The third-order valence-electron chi connectivity index (χ3n) is 4.26. The first-order valence-electron chi connectivity index (χ1n) is 8.73. The van der Waals surface area contributed by atoms with Gasteiger partial charge in [-0.05, 0) is 35.4 Å². The Morgan fingerprint density at radius 3 is 1.82 bits per heavy atom. The molecule has 0 unspecified atom stereocenters. The van der Waals surface area contributed by atoms with Crippen molar-refractivity contribution in [2.75, 3.05) is 26.2 Å². The van der Waals surface area contributed by atoms with Crippen LogP contribution in [0.5, 0.6) is 0 Å². The predicted molar refractivity (Wildman–Crippen MR) is 104 cm³/mol. The fraction of sp³-hybridized carbons (Fsp3) is 0.300. The van der Waals surface area contributed by atoms with E-state index in [9.17, 15) is 4.39 Å². The quantitative estimate of drug-likeness (QED) is 0.757. The Balaban J connectivity index is 0.000000409. The topological polar surface area (TPSA) is 81.1 Å². The highest BCUT2D eigenvalue weighted by molar-refractivity contribution is 6.30. The van der Waals surface area contributed by atoms with Crippen LogP contribution in [0.2, 0.25) is 5.02 Å². The Kier molecular flexibility index (Phi) is 8.38. The van der Waals surface area contributed by atoms with Crippen LogP contribution in [0.1, 0.15) is 11.1 Å². The molecule has 1 saturated heterocycles. The largest absolute Gasteiger partial charge is 0.473 e. The van der Waals surface area contributed by atoms with Crippen molar-refractivity contribution in [1.82, 2.24) is 9.80 Å². The van der Waals surface area contributed by atoms with Gasteiger partial charge in [-0.3, -0.25) is 9.80 Å². The lowest BCUT2D eigenvalue weighted by Crippen LogP contribution is -2.45. The lowest BCUT2D eigenvalue weighted by Gasteiger charge is -2.34. The summed E-state index contributed by atoms with van der Waals surface area (Å²) < 4.78 is 13.2. The van der Waals surface area contributed by atoms with Gasteiger partial charge in [0, 0.05) is 44.3 Å². The van der Waals surface area contributed by atoms with E-state index in [2.05, 4.69) is 21.9 Å². The summed E-state index contributed by atoms with van der Waals surface area (Å²) in [5.74, 6) is -3.80. The summed E-state index contributed by atoms with van der Waals surface area (Å²) in [6.45, 7) is 5.90. The Morgan fingerprint density at radius 2 is 1.36 bits per heavy atom. The van der Waals surface area contributed by atoms with E-state index in [4.69, 9.17) is 31.4 Å². The van der Waals surface area contributed by atoms with Gasteiger partial charge in [-0.2, -0.15) is 0 Å². The molecule has 8 heteroatoms. The Labute approximate surface area is 167 Å². The fourth-order valence-electron chi connectivity index (χ4n) is 2.85. The van der Waals surface area contributed by atoms with Gasteiger partial charge >= 0.3 is 11.9 Å². The minimum absolute atomic E-state index is 0.154. The normalized spacial score (nSPS) is 14.8. The van der Waals surface area contributed by atoms with Gasteiger partial charge < -0.3 is 10.2 Å². The van der Waals surface area contributed by atoms with Crippen molar-refractivity contribution >= 4 is 23.5 Å². The van der Waals surface area contributed by atoms with Gasteiger partial charge in [-0.15, -0.1) is 0 Å². The van der Waals surface area contributed by atoms with Crippen molar-refractivity contribution in [3.8, 4) is 0 Å². The summed E-state index contributed by atoms with van der Waals surface area (Å²) in [4.78, 5) is 23.0. The third kappa shape index (κ3) is 7.64. The van der Waals surface area contributed by atoms with Gasteiger partial charge in [0.2, 0.25) is 0 Å². The number of halogens is 2. The molecule has 0 radical (unpaired) electrons. The van der Waals surface area contributed by atoms with Crippen LogP contribution in [-0.4, -0.2) is 58.1 Å². The zero-order chi connectivity index (χ0) is 20.5. The second-order valence-electron chi connectivity index (χ2n) is 6.42. The third-order valence-corrected chi connectivity index (χ3v) is 4.51. The highest BCUT2D eigenvalue weighted by atomic mass is 35.5. The van der Waals surface area contributed by atoms with Crippen LogP contribution in [0.3, 0.4) is 0 Å². The Bertz CT molecular complexity index is 781.